The largest absolute Gasteiger partial charge is 0.302 e. The molecule has 0 radical (unpaired) electrons. The number of aromatic nitrogens is 2. The molecule has 1 saturated heterocycles. The van der Waals surface area contributed by atoms with Gasteiger partial charge < -0.3 is 0 Å². The average Bonchev–Trinajstić information content (AvgIpc) is 2.53. The van der Waals surface area contributed by atoms with Crippen molar-refractivity contribution in [2.75, 3.05) is 24.1 Å². The number of hydrogen-bond acceptors (Lipinski definition) is 6. The Bertz CT molecular complexity index is 908. The van der Waals surface area contributed by atoms with Gasteiger partial charge in [-0.1, -0.05) is 23.9 Å². The second-order valence-electron chi connectivity index (χ2n) is 5.44. The van der Waals surface area contributed by atoms with Crippen molar-refractivity contribution in [2.24, 2.45) is 0 Å². The number of rotatable bonds is 7. The van der Waals surface area contributed by atoms with Crippen molar-refractivity contribution in [3.05, 3.63) is 41.5 Å². The van der Waals surface area contributed by atoms with E-state index in [0.717, 1.165) is 24.2 Å². The third-order valence-corrected chi connectivity index (χ3v) is 6.70. The molecular weight excluding hydrogens is 402 g/mol. The molecule has 1 aliphatic rings. The maximum atomic E-state index is 13.8. The number of hydrogen-bond donors (Lipinski definition) is 1. The van der Waals surface area contributed by atoms with Crippen LogP contribution in [-0.2, 0) is 16.0 Å². The first-order valence-corrected chi connectivity index (χ1v) is 11.3. The molecule has 0 atom stereocenters. The molecule has 1 aliphatic heterocycles. The first-order valence-electron chi connectivity index (χ1n) is 7.65. The van der Waals surface area contributed by atoms with Crippen molar-refractivity contribution >= 4 is 39.6 Å². The highest BCUT2D eigenvalue weighted by atomic mass is 32.2. The molecule has 0 amide bonds. The number of benzene rings is 1. The fraction of sp³-hybridized carbons (Fsp3) is 0.333. The third-order valence-electron chi connectivity index (χ3n) is 3.67. The lowest BCUT2D eigenvalue weighted by atomic mass is 10.2. The predicted molar refractivity (Wildman–Crippen MR) is 98.5 cm³/mol. The summed E-state index contributed by atoms with van der Waals surface area (Å²) < 4.78 is 55.2. The van der Waals surface area contributed by atoms with E-state index in [4.69, 9.17) is 0 Å². The van der Waals surface area contributed by atoms with Crippen LogP contribution in [0.3, 0.4) is 0 Å². The highest BCUT2D eigenvalue weighted by Gasteiger charge is 2.28. The zero-order valence-electron chi connectivity index (χ0n) is 13.8. The Balaban J connectivity index is 1.78. The summed E-state index contributed by atoms with van der Waals surface area (Å²) in [6.45, 7) is 0.965. The second kappa shape index (κ2) is 8.07. The van der Waals surface area contributed by atoms with Crippen molar-refractivity contribution in [3.63, 3.8) is 0 Å². The van der Waals surface area contributed by atoms with Gasteiger partial charge in [0, 0.05) is 30.5 Å². The summed E-state index contributed by atoms with van der Waals surface area (Å²) in [7, 11) is -3.63. The zero-order chi connectivity index (χ0) is 18.7. The topological polar surface area (TPSA) is 75.2 Å². The molecule has 1 aromatic carbocycles. The van der Waals surface area contributed by atoms with Gasteiger partial charge in [-0.3, -0.25) is 4.72 Å². The minimum atomic E-state index is -3.63. The summed E-state index contributed by atoms with van der Waals surface area (Å²) in [5.74, 6) is -1.54. The first-order chi connectivity index (χ1) is 12.4. The van der Waals surface area contributed by atoms with Gasteiger partial charge in [-0.15, -0.1) is 11.8 Å². The van der Waals surface area contributed by atoms with Crippen LogP contribution in [0.15, 0.2) is 34.4 Å². The lowest BCUT2D eigenvalue weighted by Gasteiger charge is -2.29. The third kappa shape index (κ3) is 4.45. The molecule has 0 bridgehead atoms. The van der Waals surface area contributed by atoms with Gasteiger partial charge in [-0.2, -0.15) is 12.7 Å². The molecular formula is C15H16F2N4O2S3. The maximum Gasteiger partial charge on any atom is 0.302 e. The zero-order valence-corrected chi connectivity index (χ0v) is 16.2. The molecule has 2 aromatic rings. The smallest absolute Gasteiger partial charge is 0.254 e. The highest BCUT2D eigenvalue weighted by Crippen LogP contribution is 2.26. The molecule has 0 unspecified atom stereocenters. The molecule has 0 spiro atoms. The molecule has 0 aliphatic carbocycles. The molecule has 1 fully saturated rings. The minimum Gasteiger partial charge on any atom is -0.254 e. The van der Waals surface area contributed by atoms with Crippen LogP contribution in [0.25, 0.3) is 0 Å². The fourth-order valence-corrected chi connectivity index (χ4v) is 4.69. The Kier molecular flexibility index (Phi) is 6.00. The van der Waals surface area contributed by atoms with E-state index in [0.29, 0.717) is 18.1 Å². The first kappa shape index (κ1) is 19.3. The van der Waals surface area contributed by atoms with E-state index in [-0.39, 0.29) is 22.3 Å². The SMILES string of the molecule is CSc1cc(NS(=O)(=O)N2CCC2)nc(SCc2cccc(F)c2F)n1. The van der Waals surface area contributed by atoms with Gasteiger partial charge in [0.25, 0.3) is 0 Å². The van der Waals surface area contributed by atoms with E-state index in [1.165, 1.54) is 34.3 Å². The van der Waals surface area contributed by atoms with E-state index in [1.54, 1.807) is 6.26 Å². The van der Waals surface area contributed by atoms with Crippen LogP contribution in [0, 0.1) is 11.6 Å². The lowest BCUT2D eigenvalue weighted by Crippen LogP contribution is -2.45. The summed E-state index contributed by atoms with van der Waals surface area (Å²) >= 11 is 2.44. The van der Waals surface area contributed by atoms with Gasteiger partial charge in [0.2, 0.25) is 0 Å². The lowest BCUT2D eigenvalue weighted by molar-refractivity contribution is 0.311. The van der Waals surface area contributed by atoms with Gasteiger partial charge in [-0.05, 0) is 18.7 Å². The van der Waals surface area contributed by atoms with E-state index in [2.05, 4.69) is 14.7 Å². The normalized spacial score (nSPS) is 14.9. The van der Waals surface area contributed by atoms with Crippen molar-refractivity contribution in [2.45, 2.75) is 22.4 Å². The van der Waals surface area contributed by atoms with Crippen LogP contribution >= 0.6 is 23.5 Å². The number of nitrogens with zero attached hydrogens (tertiary/aromatic N) is 3. The Labute approximate surface area is 159 Å². The molecule has 140 valence electrons. The fourth-order valence-electron chi connectivity index (χ4n) is 2.15. The van der Waals surface area contributed by atoms with Gasteiger partial charge in [0.15, 0.2) is 16.8 Å². The van der Waals surface area contributed by atoms with Crippen molar-refractivity contribution in [1.29, 1.82) is 0 Å². The average molecular weight is 419 g/mol. The summed E-state index contributed by atoms with van der Waals surface area (Å²) in [5, 5.41) is 0.852. The molecule has 2 heterocycles. The summed E-state index contributed by atoms with van der Waals surface area (Å²) in [4.78, 5) is 8.46. The minimum absolute atomic E-state index is 0.125. The van der Waals surface area contributed by atoms with Crippen molar-refractivity contribution in [1.82, 2.24) is 14.3 Å². The summed E-state index contributed by atoms with van der Waals surface area (Å²) in [6, 6.07) is 5.50. The Morgan fingerprint density at radius 1 is 1.27 bits per heavy atom. The predicted octanol–water partition coefficient (Wildman–Crippen LogP) is 3.13. The highest BCUT2D eigenvalue weighted by molar-refractivity contribution is 7.99. The Hall–Kier alpha value is -1.43. The van der Waals surface area contributed by atoms with Crippen LogP contribution in [0.2, 0.25) is 0 Å². The molecule has 6 nitrogen and oxygen atoms in total. The van der Waals surface area contributed by atoms with E-state index >= 15 is 0 Å². The van der Waals surface area contributed by atoms with Crippen molar-refractivity contribution < 1.29 is 17.2 Å². The number of halogens is 2. The van der Waals surface area contributed by atoms with E-state index in [9.17, 15) is 17.2 Å². The van der Waals surface area contributed by atoms with Crippen LogP contribution in [0.1, 0.15) is 12.0 Å². The van der Waals surface area contributed by atoms with Gasteiger partial charge >= 0.3 is 10.2 Å². The van der Waals surface area contributed by atoms with Crippen LogP contribution in [0.4, 0.5) is 14.6 Å². The van der Waals surface area contributed by atoms with E-state index in [1.807, 2.05) is 0 Å². The monoisotopic (exact) mass is 418 g/mol. The van der Waals surface area contributed by atoms with Crippen LogP contribution in [-0.4, -0.2) is 42.0 Å². The molecule has 11 heteroatoms. The molecule has 0 saturated carbocycles. The molecule has 3 rings (SSSR count). The van der Waals surface area contributed by atoms with Crippen molar-refractivity contribution in [3.8, 4) is 0 Å². The maximum absolute atomic E-state index is 13.8. The van der Waals surface area contributed by atoms with Gasteiger partial charge in [0.05, 0.1) is 0 Å². The second-order valence-corrected chi connectivity index (χ2v) is 8.88. The number of anilines is 1. The quantitative estimate of drug-likeness (QED) is 0.423. The van der Waals surface area contributed by atoms with Crippen LogP contribution < -0.4 is 4.72 Å². The summed E-state index contributed by atoms with van der Waals surface area (Å²) in [6.07, 6.45) is 2.64. The molecule has 26 heavy (non-hydrogen) atoms. The number of thioether (sulfide) groups is 2. The molecule has 1 aromatic heterocycles. The Morgan fingerprint density at radius 2 is 2.04 bits per heavy atom. The Morgan fingerprint density at radius 3 is 2.69 bits per heavy atom. The van der Waals surface area contributed by atoms with E-state index < -0.39 is 21.8 Å². The van der Waals surface area contributed by atoms with Crippen LogP contribution in [0.5, 0.6) is 0 Å². The number of nitrogens with one attached hydrogen (secondary N) is 1. The standard InChI is InChI=1S/C15H16F2N4O2S3/c1-24-13-8-12(20-26(22,23)21-6-3-7-21)18-15(19-13)25-9-10-4-2-5-11(16)14(10)17/h2,4-5,8H,3,6-7,9H2,1H3,(H,18,19,20). The van der Waals surface area contributed by atoms with Gasteiger partial charge in [0.1, 0.15) is 10.8 Å². The summed E-state index contributed by atoms with van der Waals surface area (Å²) in [5.41, 5.74) is 0.191. The molecule has 1 N–H and O–H groups in total. The van der Waals surface area contributed by atoms with Gasteiger partial charge in [-0.25, -0.2) is 18.7 Å².